The summed E-state index contributed by atoms with van der Waals surface area (Å²) < 4.78 is 0. The Morgan fingerprint density at radius 3 is 2.39 bits per heavy atom. The highest BCUT2D eigenvalue weighted by Gasteiger charge is 2.32. The number of likely N-dealkylation sites (tertiary alicyclic amines) is 1. The van der Waals surface area contributed by atoms with Crippen LogP contribution in [-0.4, -0.2) is 29.9 Å². The normalized spacial score (nSPS) is 30.4. The minimum absolute atomic E-state index is 0.380. The molecule has 0 bridgehead atoms. The first-order valence-electron chi connectivity index (χ1n) is 7.70. The van der Waals surface area contributed by atoms with Gasteiger partial charge in [0, 0.05) is 19.0 Å². The molecule has 0 aromatic rings. The van der Waals surface area contributed by atoms with E-state index in [1.807, 2.05) is 0 Å². The van der Waals surface area contributed by atoms with Gasteiger partial charge in [0.25, 0.3) is 0 Å². The van der Waals surface area contributed by atoms with E-state index in [0.717, 1.165) is 25.9 Å². The molecule has 0 aromatic carbocycles. The molecule has 1 aliphatic carbocycles. The van der Waals surface area contributed by atoms with E-state index in [1.165, 1.54) is 38.5 Å². The van der Waals surface area contributed by atoms with Gasteiger partial charge in [-0.2, -0.15) is 0 Å². The van der Waals surface area contributed by atoms with Gasteiger partial charge in [-0.15, -0.1) is 0 Å². The van der Waals surface area contributed by atoms with E-state index in [1.54, 1.807) is 0 Å². The van der Waals surface area contributed by atoms with Gasteiger partial charge in [0.2, 0.25) is 5.91 Å². The van der Waals surface area contributed by atoms with Crippen LogP contribution < -0.4 is 5.73 Å². The first-order valence-corrected chi connectivity index (χ1v) is 7.70. The van der Waals surface area contributed by atoms with E-state index in [0.29, 0.717) is 23.8 Å². The van der Waals surface area contributed by atoms with Gasteiger partial charge in [-0.1, -0.05) is 25.7 Å². The zero-order chi connectivity index (χ0) is 13.0. The third kappa shape index (κ3) is 3.47. The predicted molar refractivity (Wildman–Crippen MR) is 74.1 cm³/mol. The summed E-state index contributed by atoms with van der Waals surface area (Å²) in [5.41, 5.74) is 5.73. The largest absolute Gasteiger partial charge is 0.340 e. The number of amides is 1. The second kappa shape index (κ2) is 6.55. The molecule has 104 valence electrons. The minimum Gasteiger partial charge on any atom is -0.340 e. The smallest absolute Gasteiger partial charge is 0.223 e. The van der Waals surface area contributed by atoms with Crippen molar-refractivity contribution in [2.45, 2.75) is 64.3 Å². The quantitative estimate of drug-likeness (QED) is 0.785. The van der Waals surface area contributed by atoms with Crippen LogP contribution in [0.3, 0.4) is 0 Å². The highest BCUT2D eigenvalue weighted by atomic mass is 16.2. The van der Waals surface area contributed by atoms with E-state index in [9.17, 15) is 4.79 Å². The molecular weight excluding hydrogens is 224 g/mol. The van der Waals surface area contributed by atoms with Crippen LogP contribution in [0, 0.1) is 11.8 Å². The molecule has 1 saturated heterocycles. The molecule has 2 aliphatic rings. The van der Waals surface area contributed by atoms with Crippen molar-refractivity contribution in [3.63, 3.8) is 0 Å². The van der Waals surface area contributed by atoms with E-state index >= 15 is 0 Å². The molecule has 1 saturated carbocycles. The van der Waals surface area contributed by atoms with E-state index < -0.39 is 0 Å². The van der Waals surface area contributed by atoms with Crippen molar-refractivity contribution in [3.8, 4) is 0 Å². The van der Waals surface area contributed by atoms with E-state index in [2.05, 4.69) is 11.8 Å². The lowest BCUT2D eigenvalue weighted by atomic mass is 9.96. The first kappa shape index (κ1) is 13.9. The van der Waals surface area contributed by atoms with Crippen LogP contribution in [0.25, 0.3) is 0 Å². The van der Waals surface area contributed by atoms with Crippen molar-refractivity contribution in [2.75, 3.05) is 13.1 Å². The number of nitrogens with two attached hydrogens (primary N) is 1. The average molecular weight is 252 g/mol. The highest BCUT2D eigenvalue weighted by molar-refractivity contribution is 5.77. The second-order valence-corrected chi connectivity index (χ2v) is 6.29. The van der Waals surface area contributed by atoms with E-state index in [-0.39, 0.29) is 0 Å². The molecule has 2 atom stereocenters. The zero-order valence-corrected chi connectivity index (χ0v) is 11.7. The Morgan fingerprint density at radius 1 is 1.17 bits per heavy atom. The molecule has 3 heteroatoms. The van der Waals surface area contributed by atoms with Crippen molar-refractivity contribution in [3.05, 3.63) is 0 Å². The van der Waals surface area contributed by atoms with Gasteiger partial charge in [0.05, 0.1) is 0 Å². The zero-order valence-electron chi connectivity index (χ0n) is 11.7. The molecule has 1 heterocycles. The van der Waals surface area contributed by atoms with Crippen LogP contribution >= 0.6 is 0 Å². The second-order valence-electron chi connectivity index (χ2n) is 6.29. The SMILES string of the molecule is CC1CC(CN)CN1C(=O)CC1CCCCCC1. The monoisotopic (exact) mass is 252 g/mol. The number of hydrogen-bond donors (Lipinski definition) is 1. The summed E-state index contributed by atoms with van der Waals surface area (Å²) >= 11 is 0. The summed E-state index contributed by atoms with van der Waals surface area (Å²) in [4.78, 5) is 14.5. The molecule has 2 rings (SSSR count). The van der Waals surface area contributed by atoms with Crippen molar-refractivity contribution >= 4 is 5.91 Å². The molecule has 18 heavy (non-hydrogen) atoms. The summed E-state index contributed by atoms with van der Waals surface area (Å²) in [6.07, 6.45) is 9.75. The molecular formula is C15H28N2O. The van der Waals surface area contributed by atoms with Gasteiger partial charge in [-0.05, 0) is 44.6 Å². The molecule has 0 aromatic heterocycles. The van der Waals surface area contributed by atoms with Crippen molar-refractivity contribution < 1.29 is 4.79 Å². The molecule has 2 unspecified atom stereocenters. The summed E-state index contributed by atoms with van der Waals surface area (Å²) in [5, 5.41) is 0. The lowest BCUT2D eigenvalue weighted by molar-refractivity contribution is -0.132. The molecule has 1 aliphatic heterocycles. The number of carbonyl (C=O) groups excluding carboxylic acids is 1. The maximum atomic E-state index is 12.4. The summed E-state index contributed by atoms with van der Waals surface area (Å²) in [7, 11) is 0. The van der Waals surface area contributed by atoms with Gasteiger partial charge < -0.3 is 10.6 Å². The lowest BCUT2D eigenvalue weighted by Crippen LogP contribution is -2.35. The van der Waals surface area contributed by atoms with Crippen molar-refractivity contribution in [2.24, 2.45) is 17.6 Å². The van der Waals surface area contributed by atoms with Crippen LogP contribution in [0.1, 0.15) is 58.3 Å². The molecule has 0 radical (unpaired) electrons. The minimum atomic E-state index is 0.380. The van der Waals surface area contributed by atoms with Crippen molar-refractivity contribution in [1.82, 2.24) is 4.90 Å². The summed E-state index contributed by atoms with van der Waals surface area (Å²) in [6, 6.07) is 0.400. The van der Waals surface area contributed by atoms with Gasteiger partial charge in [-0.25, -0.2) is 0 Å². The van der Waals surface area contributed by atoms with Gasteiger partial charge >= 0.3 is 0 Å². The lowest BCUT2D eigenvalue weighted by Gasteiger charge is -2.24. The Balaban J connectivity index is 1.83. The Kier molecular flexibility index (Phi) is 5.04. The molecule has 2 fully saturated rings. The molecule has 0 spiro atoms. The first-order chi connectivity index (χ1) is 8.70. The van der Waals surface area contributed by atoms with Gasteiger partial charge in [0.15, 0.2) is 0 Å². The Hall–Kier alpha value is -0.570. The molecule has 2 N–H and O–H groups in total. The fourth-order valence-corrected chi connectivity index (χ4v) is 3.59. The maximum Gasteiger partial charge on any atom is 0.223 e. The van der Waals surface area contributed by atoms with Crippen LogP contribution in [0.4, 0.5) is 0 Å². The Morgan fingerprint density at radius 2 is 1.83 bits per heavy atom. The number of nitrogens with zero attached hydrogens (tertiary/aromatic N) is 1. The van der Waals surface area contributed by atoms with Crippen LogP contribution in [0.2, 0.25) is 0 Å². The van der Waals surface area contributed by atoms with Crippen LogP contribution in [0.5, 0.6) is 0 Å². The van der Waals surface area contributed by atoms with Crippen LogP contribution in [0.15, 0.2) is 0 Å². The third-order valence-electron chi connectivity index (χ3n) is 4.75. The summed E-state index contributed by atoms with van der Waals surface area (Å²) in [6.45, 7) is 3.78. The van der Waals surface area contributed by atoms with Crippen molar-refractivity contribution in [1.29, 1.82) is 0 Å². The van der Waals surface area contributed by atoms with E-state index in [4.69, 9.17) is 5.73 Å². The predicted octanol–water partition coefficient (Wildman–Crippen LogP) is 2.54. The standard InChI is InChI=1S/C15H28N2O/c1-12-8-14(10-16)11-17(12)15(18)9-13-6-4-2-3-5-7-13/h12-14H,2-11,16H2,1H3. The third-order valence-corrected chi connectivity index (χ3v) is 4.75. The molecule has 3 nitrogen and oxygen atoms in total. The number of hydrogen-bond acceptors (Lipinski definition) is 2. The number of carbonyl (C=O) groups is 1. The topological polar surface area (TPSA) is 46.3 Å². The summed E-state index contributed by atoms with van der Waals surface area (Å²) in [5.74, 6) is 1.55. The van der Waals surface area contributed by atoms with Gasteiger partial charge in [-0.3, -0.25) is 4.79 Å². The fraction of sp³-hybridized carbons (Fsp3) is 0.933. The maximum absolute atomic E-state index is 12.4. The van der Waals surface area contributed by atoms with Crippen LogP contribution in [-0.2, 0) is 4.79 Å². The fourth-order valence-electron chi connectivity index (χ4n) is 3.59. The molecule has 1 amide bonds. The Bertz CT molecular complexity index is 272. The average Bonchev–Trinajstić information content (AvgIpc) is 2.57. The Labute approximate surface area is 111 Å². The van der Waals surface area contributed by atoms with Gasteiger partial charge in [0.1, 0.15) is 0 Å². The highest BCUT2D eigenvalue weighted by Crippen LogP contribution is 2.28. The number of rotatable bonds is 3.